The summed E-state index contributed by atoms with van der Waals surface area (Å²) in [5.74, 6) is -0.328. The largest absolute Gasteiger partial charge is 0.480 e. The summed E-state index contributed by atoms with van der Waals surface area (Å²) in [5, 5.41) is 15.7. The quantitative estimate of drug-likeness (QED) is 0.782. The van der Waals surface area contributed by atoms with Crippen molar-refractivity contribution < 1.29 is 14.7 Å². The molecule has 0 spiro atoms. The van der Waals surface area contributed by atoms with Crippen molar-refractivity contribution in [2.45, 2.75) is 39.1 Å². The predicted molar refractivity (Wildman–Crippen MR) is 74.0 cm³/mol. The first-order valence-electron chi connectivity index (χ1n) is 6.05. The lowest BCUT2D eigenvalue weighted by atomic mass is 10.3. The van der Waals surface area contributed by atoms with Crippen molar-refractivity contribution in [3.05, 3.63) is 17.5 Å². The van der Waals surface area contributed by atoms with Crippen molar-refractivity contribution >= 4 is 23.6 Å². The number of carbonyl (C=O) groups is 2. The van der Waals surface area contributed by atoms with Gasteiger partial charge in [0.1, 0.15) is 6.04 Å². The van der Waals surface area contributed by atoms with Crippen LogP contribution in [-0.2, 0) is 21.9 Å². The highest BCUT2D eigenvalue weighted by molar-refractivity contribution is 7.98. The molecule has 0 aromatic carbocycles. The van der Waals surface area contributed by atoms with Crippen LogP contribution in [0, 0.1) is 6.92 Å². The van der Waals surface area contributed by atoms with Gasteiger partial charge in [0, 0.05) is 30.7 Å². The lowest BCUT2D eigenvalue weighted by Gasteiger charge is -2.12. The Hall–Kier alpha value is -1.50. The standard InChI is InChI=1S/C12H19N3O3S/c1-4-15-10(5-8(2)14-15)6-19-7-11(12(17)18)13-9(3)16/h5,11H,4,6-7H2,1-3H3,(H,13,16)(H,17,18). The van der Waals surface area contributed by atoms with Crippen LogP contribution >= 0.6 is 11.8 Å². The van der Waals surface area contributed by atoms with Crippen LogP contribution in [0.15, 0.2) is 6.07 Å². The van der Waals surface area contributed by atoms with Gasteiger partial charge in [-0.15, -0.1) is 0 Å². The Morgan fingerprint density at radius 2 is 2.26 bits per heavy atom. The highest BCUT2D eigenvalue weighted by Crippen LogP contribution is 2.14. The summed E-state index contributed by atoms with van der Waals surface area (Å²) in [4.78, 5) is 21.9. The molecule has 1 unspecified atom stereocenters. The first-order valence-corrected chi connectivity index (χ1v) is 7.20. The summed E-state index contributed by atoms with van der Waals surface area (Å²) >= 11 is 1.47. The molecule has 1 aromatic rings. The Morgan fingerprint density at radius 1 is 1.58 bits per heavy atom. The molecule has 1 amide bonds. The minimum absolute atomic E-state index is 0.331. The fourth-order valence-electron chi connectivity index (χ4n) is 1.69. The second-order valence-corrected chi connectivity index (χ2v) is 5.23. The molecular formula is C12H19N3O3S. The van der Waals surface area contributed by atoms with Gasteiger partial charge in [0.25, 0.3) is 0 Å². The van der Waals surface area contributed by atoms with Crippen molar-refractivity contribution in [2.24, 2.45) is 0 Å². The lowest BCUT2D eigenvalue weighted by Crippen LogP contribution is -2.41. The Balaban J connectivity index is 2.51. The van der Waals surface area contributed by atoms with Gasteiger partial charge in [0.15, 0.2) is 0 Å². The first kappa shape index (κ1) is 15.6. The molecule has 1 aromatic heterocycles. The van der Waals surface area contributed by atoms with Crippen molar-refractivity contribution in [2.75, 3.05) is 5.75 Å². The van der Waals surface area contributed by atoms with Crippen LogP contribution in [-0.4, -0.2) is 38.6 Å². The Morgan fingerprint density at radius 3 is 2.79 bits per heavy atom. The third kappa shape index (κ3) is 4.94. The summed E-state index contributed by atoms with van der Waals surface area (Å²) in [6, 6.07) is 1.15. The van der Waals surface area contributed by atoms with Gasteiger partial charge >= 0.3 is 5.97 Å². The fourth-order valence-corrected chi connectivity index (χ4v) is 2.71. The number of carbonyl (C=O) groups excluding carboxylic acids is 1. The molecule has 0 saturated carbocycles. The molecule has 0 bridgehead atoms. The number of carboxylic acid groups (broad SMARTS) is 1. The van der Waals surface area contributed by atoms with Gasteiger partial charge < -0.3 is 10.4 Å². The Labute approximate surface area is 116 Å². The van der Waals surface area contributed by atoms with Gasteiger partial charge in [0.05, 0.1) is 5.69 Å². The average molecular weight is 285 g/mol. The first-order chi connectivity index (χ1) is 8.93. The number of thioether (sulfide) groups is 1. The van der Waals surface area contributed by atoms with Crippen LogP contribution < -0.4 is 5.32 Å². The number of nitrogens with one attached hydrogen (secondary N) is 1. The zero-order valence-electron chi connectivity index (χ0n) is 11.3. The minimum atomic E-state index is -1.01. The molecule has 0 aliphatic carbocycles. The zero-order chi connectivity index (χ0) is 14.4. The molecule has 0 aliphatic rings. The highest BCUT2D eigenvalue weighted by Gasteiger charge is 2.18. The molecule has 1 heterocycles. The van der Waals surface area contributed by atoms with Gasteiger partial charge in [-0.2, -0.15) is 16.9 Å². The molecule has 2 N–H and O–H groups in total. The summed E-state index contributed by atoms with van der Waals surface area (Å²) in [5.41, 5.74) is 2.02. The summed E-state index contributed by atoms with van der Waals surface area (Å²) in [6.07, 6.45) is 0. The van der Waals surface area contributed by atoms with E-state index in [0.29, 0.717) is 11.5 Å². The van der Waals surface area contributed by atoms with Crippen LogP contribution in [0.2, 0.25) is 0 Å². The highest BCUT2D eigenvalue weighted by atomic mass is 32.2. The van der Waals surface area contributed by atoms with Crippen LogP contribution in [0.4, 0.5) is 0 Å². The van der Waals surface area contributed by atoms with E-state index in [-0.39, 0.29) is 5.91 Å². The molecule has 0 radical (unpaired) electrons. The van der Waals surface area contributed by atoms with E-state index in [1.54, 1.807) is 0 Å². The number of amides is 1. The van der Waals surface area contributed by atoms with E-state index < -0.39 is 12.0 Å². The van der Waals surface area contributed by atoms with E-state index >= 15 is 0 Å². The van der Waals surface area contributed by atoms with Crippen LogP contribution in [0.25, 0.3) is 0 Å². The number of carboxylic acids is 1. The number of aromatic nitrogens is 2. The molecule has 6 nitrogen and oxygen atoms in total. The second-order valence-electron chi connectivity index (χ2n) is 4.20. The summed E-state index contributed by atoms with van der Waals surface area (Å²) in [7, 11) is 0. The van der Waals surface area contributed by atoms with E-state index in [1.165, 1.54) is 18.7 Å². The van der Waals surface area contributed by atoms with Gasteiger partial charge in [-0.05, 0) is 19.9 Å². The van der Waals surface area contributed by atoms with Crippen molar-refractivity contribution in [1.29, 1.82) is 0 Å². The molecule has 1 atom stereocenters. The van der Waals surface area contributed by atoms with E-state index in [4.69, 9.17) is 5.11 Å². The van der Waals surface area contributed by atoms with Gasteiger partial charge in [-0.1, -0.05) is 0 Å². The fraction of sp³-hybridized carbons (Fsp3) is 0.583. The monoisotopic (exact) mass is 285 g/mol. The molecule has 0 saturated heterocycles. The number of aryl methyl sites for hydroxylation is 2. The van der Waals surface area contributed by atoms with Gasteiger partial charge in [0.2, 0.25) is 5.91 Å². The summed E-state index contributed by atoms with van der Waals surface area (Å²) in [6.45, 7) is 6.05. The minimum Gasteiger partial charge on any atom is -0.480 e. The Bertz CT molecular complexity index is 459. The van der Waals surface area contributed by atoms with Crippen molar-refractivity contribution in [1.82, 2.24) is 15.1 Å². The molecule has 0 aliphatic heterocycles. The maximum atomic E-state index is 11.0. The predicted octanol–water partition coefficient (Wildman–Crippen LogP) is 1.03. The van der Waals surface area contributed by atoms with Crippen molar-refractivity contribution in [3.63, 3.8) is 0 Å². The third-order valence-corrected chi connectivity index (χ3v) is 3.56. The Kier molecular flexibility index (Phi) is 5.88. The van der Waals surface area contributed by atoms with E-state index in [2.05, 4.69) is 10.4 Å². The normalized spacial score (nSPS) is 12.2. The second kappa shape index (κ2) is 7.18. The number of hydrogen-bond acceptors (Lipinski definition) is 4. The molecule has 106 valence electrons. The SMILES string of the molecule is CCn1nc(C)cc1CSCC(NC(C)=O)C(=O)O. The molecular weight excluding hydrogens is 266 g/mol. The lowest BCUT2D eigenvalue weighted by molar-refractivity contribution is -0.140. The summed E-state index contributed by atoms with van der Waals surface area (Å²) < 4.78 is 1.90. The smallest absolute Gasteiger partial charge is 0.327 e. The average Bonchev–Trinajstić information content (AvgIpc) is 2.67. The molecule has 19 heavy (non-hydrogen) atoms. The number of hydrogen-bond donors (Lipinski definition) is 2. The third-order valence-electron chi connectivity index (χ3n) is 2.50. The van der Waals surface area contributed by atoms with Gasteiger partial charge in [-0.25, -0.2) is 4.79 Å². The number of nitrogens with zero attached hydrogens (tertiary/aromatic N) is 2. The van der Waals surface area contributed by atoms with E-state index in [9.17, 15) is 9.59 Å². The van der Waals surface area contributed by atoms with Crippen molar-refractivity contribution in [3.8, 4) is 0 Å². The number of aliphatic carboxylic acids is 1. The maximum absolute atomic E-state index is 11.0. The van der Waals surface area contributed by atoms with E-state index in [1.807, 2.05) is 24.6 Å². The molecule has 1 rings (SSSR count). The van der Waals surface area contributed by atoms with Crippen LogP contribution in [0.5, 0.6) is 0 Å². The van der Waals surface area contributed by atoms with E-state index in [0.717, 1.165) is 17.9 Å². The zero-order valence-corrected chi connectivity index (χ0v) is 12.2. The van der Waals surface area contributed by atoms with Crippen LogP contribution in [0.1, 0.15) is 25.2 Å². The maximum Gasteiger partial charge on any atom is 0.327 e. The topological polar surface area (TPSA) is 84.2 Å². The molecule has 7 heteroatoms. The number of rotatable bonds is 7. The molecule has 0 fully saturated rings. The van der Waals surface area contributed by atoms with Crippen LogP contribution in [0.3, 0.4) is 0 Å². The van der Waals surface area contributed by atoms with Gasteiger partial charge in [-0.3, -0.25) is 9.48 Å².